The third-order valence-corrected chi connectivity index (χ3v) is 4.05. The number of hydrogen-bond acceptors (Lipinski definition) is 7. The van der Waals surface area contributed by atoms with E-state index < -0.39 is 18.1 Å². The predicted octanol–water partition coefficient (Wildman–Crippen LogP) is 0.189. The second-order valence-electron chi connectivity index (χ2n) is 5.95. The molecule has 26 heavy (non-hydrogen) atoms. The number of benzene rings is 1. The number of carbonyl (C=O) groups is 2. The monoisotopic (exact) mass is 366 g/mol. The van der Waals surface area contributed by atoms with Gasteiger partial charge >= 0.3 is 5.97 Å². The fourth-order valence-electron chi connectivity index (χ4n) is 2.76. The summed E-state index contributed by atoms with van der Waals surface area (Å²) >= 11 is 0. The van der Waals surface area contributed by atoms with Crippen LogP contribution >= 0.6 is 0 Å². The lowest BCUT2D eigenvalue weighted by atomic mass is 10.1. The van der Waals surface area contributed by atoms with Crippen molar-refractivity contribution in [3.05, 3.63) is 24.3 Å². The number of amides is 1. The van der Waals surface area contributed by atoms with E-state index in [9.17, 15) is 14.7 Å². The molecule has 2 atom stereocenters. The molecule has 1 aliphatic rings. The first-order chi connectivity index (χ1) is 12.5. The van der Waals surface area contributed by atoms with Crippen LogP contribution < -0.4 is 14.8 Å². The minimum atomic E-state index is -0.799. The number of piperazine rings is 1. The van der Waals surface area contributed by atoms with Crippen molar-refractivity contribution < 1.29 is 28.9 Å². The van der Waals surface area contributed by atoms with Gasteiger partial charge in [0.2, 0.25) is 5.91 Å². The van der Waals surface area contributed by atoms with Crippen LogP contribution in [0.1, 0.15) is 13.3 Å². The maximum absolute atomic E-state index is 12.0. The van der Waals surface area contributed by atoms with E-state index in [0.717, 1.165) is 5.75 Å². The van der Waals surface area contributed by atoms with Crippen LogP contribution in [0.4, 0.5) is 0 Å². The van der Waals surface area contributed by atoms with Crippen molar-refractivity contribution in [2.75, 3.05) is 40.0 Å². The molecule has 0 unspecified atom stereocenters. The SMILES string of the molecule is CCOc1ccc(OC[C@@H](O)CN2CCNC(=O)[C@@H]2CC(=O)OC)cc1. The molecule has 1 saturated heterocycles. The number of ether oxygens (including phenoxy) is 3. The number of aliphatic hydroxyl groups excluding tert-OH is 1. The van der Waals surface area contributed by atoms with Crippen molar-refractivity contribution in [1.29, 1.82) is 0 Å². The second kappa shape index (κ2) is 9.98. The molecule has 1 fully saturated rings. The Kier molecular flexibility index (Phi) is 7.68. The summed E-state index contributed by atoms with van der Waals surface area (Å²) in [5.74, 6) is 0.679. The summed E-state index contributed by atoms with van der Waals surface area (Å²) in [5, 5.41) is 13.0. The number of methoxy groups -OCH3 is 1. The zero-order valence-corrected chi connectivity index (χ0v) is 15.1. The molecular weight excluding hydrogens is 340 g/mol. The molecule has 1 aliphatic heterocycles. The van der Waals surface area contributed by atoms with Gasteiger partial charge in [-0.3, -0.25) is 14.5 Å². The highest BCUT2D eigenvalue weighted by molar-refractivity contribution is 5.87. The van der Waals surface area contributed by atoms with Crippen molar-refractivity contribution in [3.63, 3.8) is 0 Å². The van der Waals surface area contributed by atoms with E-state index in [1.165, 1.54) is 7.11 Å². The van der Waals surface area contributed by atoms with Gasteiger partial charge in [0.15, 0.2) is 0 Å². The third-order valence-electron chi connectivity index (χ3n) is 4.05. The number of β-amino-alcohol motifs (C(OH)–C–C–N with tert-alkyl or cyclic N) is 1. The summed E-state index contributed by atoms with van der Waals surface area (Å²) in [4.78, 5) is 25.3. The zero-order valence-electron chi connectivity index (χ0n) is 15.1. The van der Waals surface area contributed by atoms with Crippen LogP contribution in [0.2, 0.25) is 0 Å². The first kappa shape index (κ1) is 20.0. The fourth-order valence-corrected chi connectivity index (χ4v) is 2.76. The van der Waals surface area contributed by atoms with Crippen molar-refractivity contribution >= 4 is 11.9 Å². The molecular formula is C18H26N2O6. The Morgan fingerprint density at radius 2 is 1.96 bits per heavy atom. The van der Waals surface area contributed by atoms with E-state index in [-0.39, 0.29) is 25.5 Å². The van der Waals surface area contributed by atoms with E-state index in [1.54, 1.807) is 29.2 Å². The highest BCUT2D eigenvalue weighted by Gasteiger charge is 2.33. The molecule has 1 aromatic rings. The minimum Gasteiger partial charge on any atom is -0.494 e. The largest absolute Gasteiger partial charge is 0.494 e. The quantitative estimate of drug-likeness (QED) is 0.602. The molecule has 0 aromatic heterocycles. The van der Waals surface area contributed by atoms with Gasteiger partial charge in [0.1, 0.15) is 24.2 Å². The Morgan fingerprint density at radius 3 is 2.58 bits per heavy atom. The van der Waals surface area contributed by atoms with Crippen molar-refractivity contribution in [2.24, 2.45) is 0 Å². The van der Waals surface area contributed by atoms with Crippen LogP contribution in [0.25, 0.3) is 0 Å². The van der Waals surface area contributed by atoms with E-state index in [1.807, 2.05) is 6.92 Å². The van der Waals surface area contributed by atoms with Gasteiger partial charge in [-0.1, -0.05) is 0 Å². The van der Waals surface area contributed by atoms with Crippen LogP contribution in [-0.2, 0) is 14.3 Å². The summed E-state index contributed by atoms with van der Waals surface area (Å²) in [6.45, 7) is 3.84. The highest BCUT2D eigenvalue weighted by atomic mass is 16.5. The Labute approximate surface area is 153 Å². The molecule has 1 heterocycles. The van der Waals surface area contributed by atoms with Gasteiger partial charge < -0.3 is 24.6 Å². The summed E-state index contributed by atoms with van der Waals surface area (Å²) in [6, 6.07) is 6.49. The molecule has 144 valence electrons. The molecule has 8 heteroatoms. The molecule has 8 nitrogen and oxygen atoms in total. The van der Waals surface area contributed by atoms with Crippen LogP contribution in [0.3, 0.4) is 0 Å². The number of nitrogens with zero attached hydrogens (tertiary/aromatic N) is 1. The fraction of sp³-hybridized carbons (Fsp3) is 0.556. The average Bonchev–Trinajstić information content (AvgIpc) is 2.64. The molecule has 2 N–H and O–H groups in total. The lowest BCUT2D eigenvalue weighted by Gasteiger charge is -2.35. The Hall–Kier alpha value is -2.32. The van der Waals surface area contributed by atoms with Crippen molar-refractivity contribution in [1.82, 2.24) is 10.2 Å². The third kappa shape index (κ3) is 5.89. The average molecular weight is 366 g/mol. The van der Waals surface area contributed by atoms with Crippen LogP contribution in [0.5, 0.6) is 11.5 Å². The van der Waals surface area contributed by atoms with E-state index >= 15 is 0 Å². The van der Waals surface area contributed by atoms with Gasteiger partial charge in [0.05, 0.1) is 26.2 Å². The predicted molar refractivity (Wildman–Crippen MR) is 94.1 cm³/mol. The number of esters is 1. The first-order valence-corrected chi connectivity index (χ1v) is 8.65. The Bertz CT molecular complexity index is 592. The number of carbonyl (C=O) groups excluding carboxylic acids is 2. The molecule has 0 spiro atoms. The van der Waals surface area contributed by atoms with E-state index in [0.29, 0.717) is 25.4 Å². The standard InChI is InChI=1S/C18H26N2O6/c1-3-25-14-4-6-15(7-5-14)26-12-13(21)11-20-9-8-19-18(23)16(20)10-17(22)24-2/h4-7,13,16,21H,3,8-12H2,1-2H3,(H,19,23)/t13-,16-/m0/s1. The minimum absolute atomic E-state index is 0.0468. The molecule has 0 radical (unpaired) electrons. The zero-order chi connectivity index (χ0) is 18.9. The maximum atomic E-state index is 12.0. The van der Waals surface area contributed by atoms with Gasteiger partial charge in [0.25, 0.3) is 0 Å². The Balaban J connectivity index is 1.85. The number of nitrogens with one attached hydrogen (secondary N) is 1. The van der Waals surface area contributed by atoms with Gasteiger partial charge in [-0.15, -0.1) is 0 Å². The normalized spacial score (nSPS) is 18.7. The second-order valence-corrected chi connectivity index (χ2v) is 5.95. The summed E-state index contributed by atoms with van der Waals surface area (Å²) in [7, 11) is 1.28. The molecule has 1 aromatic carbocycles. The molecule has 2 rings (SSSR count). The Morgan fingerprint density at radius 1 is 1.31 bits per heavy atom. The van der Waals surface area contributed by atoms with E-state index in [2.05, 4.69) is 10.1 Å². The van der Waals surface area contributed by atoms with Gasteiger partial charge in [-0.2, -0.15) is 0 Å². The van der Waals surface area contributed by atoms with Gasteiger partial charge in [-0.05, 0) is 31.2 Å². The topological polar surface area (TPSA) is 97.3 Å². The molecule has 0 saturated carbocycles. The molecule has 0 bridgehead atoms. The first-order valence-electron chi connectivity index (χ1n) is 8.65. The van der Waals surface area contributed by atoms with Gasteiger partial charge in [0, 0.05) is 19.6 Å². The summed E-state index contributed by atoms with van der Waals surface area (Å²) < 4.78 is 15.6. The summed E-state index contributed by atoms with van der Waals surface area (Å²) in [5.41, 5.74) is 0. The lowest BCUT2D eigenvalue weighted by molar-refractivity contribution is -0.146. The van der Waals surface area contributed by atoms with Crippen LogP contribution in [0.15, 0.2) is 24.3 Å². The van der Waals surface area contributed by atoms with Crippen molar-refractivity contribution in [2.45, 2.75) is 25.5 Å². The maximum Gasteiger partial charge on any atom is 0.307 e. The smallest absolute Gasteiger partial charge is 0.307 e. The molecule has 1 amide bonds. The van der Waals surface area contributed by atoms with E-state index in [4.69, 9.17) is 9.47 Å². The molecule has 0 aliphatic carbocycles. The lowest BCUT2D eigenvalue weighted by Crippen LogP contribution is -2.57. The number of rotatable bonds is 9. The van der Waals surface area contributed by atoms with Gasteiger partial charge in [-0.25, -0.2) is 0 Å². The number of aliphatic hydroxyl groups is 1. The van der Waals surface area contributed by atoms with Crippen molar-refractivity contribution in [3.8, 4) is 11.5 Å². The summed E-state index contributed by atoms with van der Waals surface area (Å²) in [6.07, 6.45) is -0.845. The van der Waals surface area contributed by atoms with Crippen LogP contribution in [0, 0.1) is 0 Å². The van der Waals surface area contributed by atoms with Crippen LogP contribution in [-0.4, -0.2) is 74.0 Å². The number of hydrogen-bond donors (Lipinski definition) is 2. The highest BCUT2D eigenvalue weighted by Crippen LogP contribution is 2.18.